The van der Waals surface area contributed by atoms with Crippen LogP contribution < -0.4 is 17.2 Å². The van der Waals surface area contributed by atoms with Crippen LogP contribution in [0.25, 0.3) is 0 Å². The maximum absolute atomic E-state index is 6.99. The molecule has 6 rings (SSSR count). The van der Waals surface area contributed by atoms with Gasteiger partial charge in [0.05, 0.1) is 16.6 Å². The Morgan fingerprint density at radius 3 is 0.387 bits per heavy atom. The van der Waals surface area contributed by atoms with Crippen LogP contribution in [0.3, 0.4) is 0 Å². The Bertz CT molecular complexity index is 2110. The Balaban J connectivity index is 0.000000297. The second-order valence-corrected chi connectivity index (χ2v) is 28.2. The molecule has 0 aliphatic rings. The summed E-state index contributed by atoms with van der Waals surface area (Å²) in [5.41, 5.74) is 27.2. The van der Waals surface area contributed by atoms with Gasteiger partial charge in [-0.15, -0.1) is 0 Å². The number of rotatable bonds is 54. The van der Waals surface area contributed by atoms with E-state index in [9.17, 15) is 0 Å². The van der Waals surface area contributed by atoms with Gasteiger partial charge in [-0.05, 0) is 52.6 Å². The highest BCUT2D eigenvalue weighted by molar-refractivity contribution is 5.40. The van der Waals surface area contributed by atoms with Crippen LogP contribution in [-0.2, 0) is 16.6 Å². The summed E-state index contributed by atoms with van der Waals surface area (Å²) < 4.78 is 0. The van der Waals surface area contributed by atoms with E-state index in [4.69, 9.17) is 17.2 Å². The minimum absolute atomic E-state index is 0.376. The SMILES string of the molecule is CCCCCCCCCCCCCCCCCC(N)(c1ccccc1)c1ccccc1.CCCCCCCCCCCCCCCCCC(N)(c1ccccc1)c1ccccc1.CCCCCCCCCCCCCCCCCC(N)(c1ccccc1)c1ccccc1. The van der Waals surface area contributed by atoms with Crippen molar-refractivity contribution in [3.8, 4) is 0 Å². The maximum Gasteiger partial charge on any atom is 0.0665 e. The lowest BCUT2D eigenvalue weighted by molar-refractivity contribution is 0.450. The molecule has 3 heteroatoms. The van der Waals surface area contributed by atoms with Gasteiger partial charge in [-0.1, -0.05) is 492 Å². The summed E-state index contributed by atoms with van der Waals surface area (Å²) in [7, 11) is 0. The van der Waals surface area contributed by atoms with Crippen molar-refractivity contribution in [1.82, 2.24) is 0 Å². The summed E-state index contributed by atoms with van der Waals surface area (Å²) >= 11 is 0. The summed E-state index contributed by atoms with van der Waals surface area (Å²) in [6.45, 7) is 6.88. The molecule has 0 fully saturated rings. The number of benzene rings is 6. The van der Waals surface area contributed by atoms with Crippen molar-refractivity contribution in [2.24, 2.45) is 17.2 Å². The average Bonchev–Trinajstić information content (AvgIpc) is 1.01. The van der Waals surface area contributed by atoms with Crippen LogP contribution in [0.5, 0.6) is 0 Å². The van der Waals surface area contributed by atoms with E-state index in [-0.39, 0.29) is 16.6 Å². The maximum atomic E-state index is 6.99. The summed E-state index contributed by atoms with van der Waals surface area (Å²) in [6.07, 6.45) is 65.8. The van der Waals surface area contributed by atoms with E-state index < -0.39 is 0 Å². The molecule has 0 aliphatic carbocycles. The highest BCUT2D eigenvalue weighted by Crippen LogP contribution is 2.35. The fraction of sp³-hybridized carbons (Fsp3) is 0.600. The minimum atomic E-state index is -0.376. The Kier molecular flexibility index (Phi) is 47.1. The van der Waals surface area contributed by atoms with Crippen molar-refractivity contribution in [3.05, 3.63) is 215 Å². The number of hydrogen-bond acceptors (Lipinski definition) is 3. The van der Waals surface area contributed by atoms with Gasteiger partial charge < -0.3 is 17.2 Å². The van der Waals surface area contributed by atoms with Crippen LogP contribution in [0.15, 0.2) is 182 Å². The monoisotopic (exact) mass is 1260 g/mol. The molecular weight excluding hydrogens is 1120 g/mol. The molecule has 3 nitrogen and oxygen atoms in total. The highest BCUT2D eigenvalue weighted by Gasteiger charge is 2.31. The van der Waals surface area contributed by atoms with Gasteiger partial charge >= 0.3 is 0 Å². The quantitative estimate of drug-likeness (QED) is 0.0333. The van der Waals surface area contributed by atoms with Gasteiger partial charge in [-0.2, -0.15) is 0 Å². The first-order chi connectivity index (χ1) is 45.8. The van der Waals surface area contributed by atoms with Gasteiger partial charge in [0, 0.05) is 0 Å². The van der Waals surface area contributed by atoms with E-state index in [0.29, 0.717) is 0 Å². The largest absolute Gasteiger partial charge is 0.318 e. The molecule has 516 valence electrons. The summed E-state index contributed by atoms with van der Waals surface area (Å²) in [4.78, 5) is 0. The van der Waals surface area contributed by atoms with E-state index in [1.165, 1.54) is 322 Å². The van der Waals surface area contributed by atoms with Crippen LogP contribution in [0.4, 0.5) is 0 Å². The van der Waals surface area contributed by atoms with Crippen LogP contribution >= 0.6 is 0 Å². The van der Waals surface area contributed by atoms with Gasteiger partial charge in [0.1, 0.15) is 0 Å². The van der Waals surface area contributed by atoms with Crippen LogP contribution in [-0.4, -0.2) is 0 Å². The smallest absolute Gasteiger partial charge is 0.0665 e. The first kappa shape index (κ1) is 80.6. The second kappa shape index (κ2) is 54.3. The van der Waals surface area contributed by atoms with Crippen LogP contribution in [0.1, 0.15) is 362 Å². The van der Waals surface area contributed by atoms with Crippen molar-refractivity contribution in [2.45, 2.75) is 346 Å². The second-order valence-electron chi connectivity index (χ2n) is 28.2. The van der Waals surface area contributed by atoms with E-state index in [2.05, 4.69) is 203 Å². The van der Waals surface area contributed by atoms with E-state index in [1.54, 1.807) is 0 Å². The van der Waals surface area contributed by atoms with Crippen molar-refractivity contribution in [2.75, 3.05) is 0 Å². The third kappa shape index (κ3) is 35.7. The van der Waals surface area contributed by atoms with Crippen molar-refractivity contribution >= 4 is 0 Å². The third-order valence-corrected chi connectivity index (χ3v) is 20.3. The fourth-order valence-electron chi connectivity index (χ4n) is 14.1. The molecule has 6 aromatic carbocycles. The first-order valence-electron chi connectivity index (χ1n) is 39.5. The molecule has 0 heterocycles. The predicted octanol–water partition coefficient (Wildman–Crippen LogP) is 27.5. The normalized spacial score (nSPS) is 11.7. The third-order valence-electron chi connectivity index (χ3n) is 20.3. The molecule has 0 atom stereocenters. The highest BCUT2D eigenvalue weighted by atomic mass is 14.8. The molecule has 6 N–H and O–H groups in total. The molecule has 0 radical (unpaired) electrons. The molecule has 93 heavy (non-hydrogen) atoms. The summed E-state index contributed by atoms with van der Waals surface area (Å²) in [6, 6.07) is 63.8. The Labute approximate surface area is 574 Å². The zero-order valence-electron chi connectivity index (χ0n) is 60.5. The van der Waals surface area contributed by atoms with Crippen LogP contribution in [0.2, 0.25) is 0 Å². The number of hydrogen-bond donors (Lipinski definition) is 3. The van der Waals surface area contributed by atoms with Crippen LogP contribution in [0, 0.1) is 0 Å². The molecule has 0 aliphatic heterocycles. The predicted molar refractivity (Wildman–Crippen MR) is 412 cm³/mol. The van der Waals surface area contributed by atoms with E-state index in [1.807, 2.05) is 0 Å². The molecule has 0 aromatic heterocycles. The molecule has 0 unspecified atom stereocenters. The number of nitrogens with two attached hydrogens (primary N) is 3. The Hall–Kier alpha value is -4.80. The Morgan fingerprint density at radius 2 is 0.269 bits per heavy atom. The molecule has 0 spiro atoms. The van der Waals surface area contributed by atoms with Crippen molar-refractivity contribution < 1.29 is 0 Å². The molecule has 0 bridgehead atoms. The summed E-state index contributed by atoms with van der Waals surface area (Å²) in [5.74, 6) is 0. The minimum Gasteiger partial charge on any atom is -0.318 e. The zero-order valence-corrected chi connectivity index (χ0v) is 60.5. The zero-order chi connectivity index (χ0) is 66.1. The molecule has 0 amide bonds. The first-order valence-corrected chi connectivity index (χ1v) is 39.5. The van der Waals surface area contributed by atoms with E-state index in [0.717, 1.165) is 19.3 Å². The average molecular weight is 1270 g/mol. The van der Waals surface area contributed by atoms with Gasteiger partial charge in [-0.3, -0.25) is 0 Å². The fourth-order valence-corrected chi connectivity index (χ4v) is 14.1. The van der Waals surface area contributed by atoms with Gasteiger partial charge in [0.15, 0.2) is 0 Å². The summed E-state index contributed by atoms with van der Waals surface area (Å²) in [5, 5.41) is 0. The standard InChI is InChI=1S/3C30H47N/c3*1-2-3-4-5-6-7-8-9-10-11-12-13-14-15-22-27-30(31,28-23-18-16-19-24-28)29-25-20-17-21-26-29/h3*16-21,23-26H,2-15,22,27,31H2,1H3. The lowest BCUT2D eigenvalue weighted by Crippen LogP contribution is -2.37. The molecule has 0 saturated carbocycles. The Morgan fingerprint density at radius 1 is 0.161 bits per heavy atom. The topological polar surface area (TPSA) is 78.1 Å². The molecule has 6 aromatic rings. The molecular formula is C90H141N3. The molecule has 0 saturated heterocycles. The van der Waals surface area contributed by atoms with Gasteiger partial charge in [-0.25, -0.2) is 0 Å². The van der Waals surface area contributed by atoms with Gasteiger partial charge in [0.2, 0.25) is 0 Å². The van der Waals surface area contributed by atoms with Crippen molar-refractivity contribution in [3.63, 3.8) is 0 Å². The van der Waals surface area contributed by atoms with Gasteiger partial charge in [0.25, 0.3) is 0 Å². The lowest BCUT2D eigenvalue weighted by Gasteiger charge is -2.31. The van der Waals surface area contributed by atoms with Crippen molar-refractivity contribution in [1.29, 1.82) is 0 Å². The number of unbranched alkanes of at least 4 members (excludes halogenated alkanes) is 42. The van der Waals surface area contributed by atoms with E-state index >= 15 is 0 Å². The lowest BCUT2D eigenvalue weighted by atomic mass is 9.79.